The standard InChI is InChI=1S/C22H25Br2NO2/c1-3-5-10-16(4-2)15-25(21(26)17-11-6-8-13-19(17)23)22(27)18-12-7-9-14-20(18)24/h6-9,11-14,16H,3-5,10,15H2,1-2H3. The number of nitrogens with zero attached hydrogens (tertiary/aromatic N) is 1. The Morgan fingerprint density at radius 3 is 1.78 bits per heavy atom. The van der Waals surface area contributed by atoms with Gasteiger partial charge in [0.1, 0.15) is 0 Å². The van der Waals surface area contributed by atoms with Crippen LogP contribution in [0.3, 0.4) is 0 Å². The molecule has 2 rings (SSSR count). The van der Waals surface area contributed by atoms with E-state index in [1.54, 1.807) is 12.1 Å². The molecule has 3 nitrogen and oxygen atoms in total. The fourth-order valence-electron chi connectivity index (χ4n) is 2.99. The molecule has 0 radical (unpaired) electrons. The van der Waals surface area contributed by atoms with Crippen LogP contribution in [0.4, 0.5) is 0 Å². The maximum atomic E-state index is 13.3. The van der Waals surface area contributed by atoms with Crippen molar-refractivity contribution in [2.24, 2.45) is 5.92 Å². The van der Waals surface area contributed by atoms with E-state index in [4.69, 9.17) is 0 Å². The van der Waals surface area contributed by atoms with Crippen LogP contribution in [0, 0.1) is 5.92 Å². The first-order chi connectivity index (χ1) is 13.0. The van der Waals surface area contributed by atoms with Crippen molar-refractivity contribution < 1.29 is 9.59 Å². The lowest BCUT2D eigenvalue weighted by molar-refractivity contribution is 0.0584. The number of rotatable bonds is 8. The van der Waals surface area contributed by atoms with E-state index in [2.05, 4.69) is 45.7 Å². The average molecular weight is 495 g/mol. The van der Waals surface area contributed by atoms with Gasteiger partial charge in [0.25, 0.3) is 11.8 Å². The fraction of sp³-hybridized carbons (Fsp3) is 0.364. The number of halogens is 2. The fourth-order valence-corrected chi connectivity index (χ4v) is 3.90. The summed E-state index contributed by atoms with van der Waals surface area (Å²) in [6.45, 7) is 4.70. The van der Waals surface area contributed by atoms with Crippen LogP contribution in [0.5, 0.6) is 0 Å². The minimum Gasteiger partial charge on any atom is -0.274 e. The van der Waals surface area contributed by atoms with Crippen molar-refractivity contribution in [2.45, 2.75) is 39.5 Å². The third kappa shape index (κ3) is 5.76. The van der Waals surface area contributed by atoms with E-state index >= 15 is 0 Å². The molecule has 27 heavy (non-hydrogen) atoms. The molecule has 0 heterocycles. The Morgan fingerprint density at radius 2 is 1.37 bits per heavy atom. The van der Waals surface area contributed by atoms with Crippen LogP contribution in [-0.2, 0) is 0 Å². The molecule has 0 spiro atoms. The summed E-state index contributed by atoms with van der Waals surface area (Å²) in [7, 11) is 0. The van der Waals surface area contributed by atoms with E-state index in [0.717, 1.165) is 25.7 Å². The Morgan fingerprint density at radius 1 is 0.889 bits per heavy atom. The highest BCUT2D eigenvalue weighted by molar-refractivity contribution is 9.10. The maximum absolute atomic E-state index is 13.3. The summed E-state index contributed by atoms with van der Waals surface area (Å²) in [4.78, 5) is 28.0. The predicted molar refractivity (Wildman–Crippen MR) is 117 cm³/mol. The molecule has 0 aliphatic carbocycles. The zero-order valence-electron chi connectivity index (χ0n) is 15.8. The molecule has 1 unspecified atom stereocenters. The smallest absolute Gasteiger partial charge is 0.261 e. The number of benzene rings is 2. The van der Waals surface area contributed by atoms with Crippen molar-refractivity contribution in [3.05, 3.63) is 68.6 Å². The van der Waals surface area contributed by atoms with Crippen molar-refractivity contribution in [3.63, 3.8) is 0 Å². The highest BCUT2D eigenvalue weighted by Gasteiger charge is 2.28. The third-order valence-corrected chi connectivity index (χ3v) is 6.07. The third-order valence-electron chi connectivity index (χ3n) is 4.68. The lowest BCUT2D eigenvalue weighted by Gasteiger charge is -2.26. The summed E-state index contributed by atoms with van der Waals surface area (Å²) in [6, 6.07) is 14.5. The second-order valence-electron chi connectivity index (χ2n) is 6.60. The van der Waals surface area contributed by atoms with E-state index in [9.17, 15) is 9.59 Å². The number of carbonyl (C=O) groups excluding carboxylic acids is 2. The Hall–Kier alpha value is -1.46. The second kappa shape index (κ2) is 10.8. The number of unbranched alkanes of at least 4 members (excludes halogenated alkanes) is 1. The number of hydrogen-bond donors (Lipinski definition) is 0. The summed E-state index contributed by atoms with van der Waals surface area (Å²) in [5.74, 6) is -0.237. The number of amides is 2. The van der Waals surface area contributed by atoms with Gasteiger partial charge in [0, 0.05) is 15.5 Å². The summed E-state index contributed by atoms with van der Waals surface area (Å²) in [5, 5.41) is 0. The zero-order valence-corrected chi connectivity index (χ0v) is 18.9. The second-order valence-corrected chi connectivity index (χ2v) is 8.31. The Labute approximate surface area is 178 Å². The maximum Gasteiger partial charge on any atom is 0.261 e. The quantitative estimate of drug-likeness (QED) is 0.382. The lowest BCUT2D eigenvalue weighted by Crippen LogP contribution is -2.40. The molecule has 0 aliphatic rings. The first-order valence-corrected chi connectivity index (χ1v) is 10.9. The molecule has 0 saturated heterocycles. The molecular formula is C22H25Br2NO2. The monoisotopic (exact) mass is 493 g/mol. The van der Waals surface area contributed by atoms with E-state index in [1.807, 2.05) is 36.4 Å². The van der Waals surface area contributed by atoms with Crippen molar-refractivity contribution in [2.75, 3.05) is 6.54 Å². The Bertz CT molecular complexity index is 734. The molecule has 2 aromatic carbocycles. The van der Waals surface area contributed by atoms with Gasteiger partial charge < -0.3 is 0 Å². The largest absolute Gasteiger partial charge is 0.274 e. The van der Waals surface area contributed by atoms with E-state index in [-0.39, 0.29) is 11.8 Å². The van der Waals surface area contributed by atoms with Gasteiger partial charge in [-0.05, 0) is 68.5 Å². The number of hydrogen-bond acceptors (Lipinski definition) is 2. The predicted octanol–water partition coefficient (Wildman–Crippen LogP) is 6.71. The summed E-state index contributed by atoms with van der Waals surface area (Å²) in [6.07, 6.45) is 4.14. The van der Waals surface area contributed by atoms with Crippen molar-refractivity contribution >= 4 is 43.7 Å². The normalized spacial score (nSPS) is 11.9. The minimum absolute atomic E-state index is 0.266. The first-order valence-electron chi connectivity index (χ1n) is 9.34. The van der Waals surface area contributed by atoms with Crippen molar-refractivity contribution in [3.8, 4) is 0 Å². The lowest BCUT2D eigenvalue weighted by atomic mass is 9.98. The molecule has 5 heteroatoms. The molecule has 144 valence electrons. The van der Waals surface area contributed by atoms with Crippen LogP contribution in [0.25, 0.3) is 0 Å². The molecule has 0 N–H and O–H groups in total. The van der Waals surface area contributed by atoms with Gasteiger partial charge in [-0.3, -0.25) is 14.5 Å². The van der Waals surface area contributed by atoms with Crippen LogP contribution >= 0.6 is 31.9 Å². The van der Waals surface area contributed by atoms with E-state index in [0.29, 0.717) is 32.5 Å². The van der Waals surface area contributed by atoms with Crippen molar-refractivity contribution in [1.82, 2.24) is 4.90 Å². The zero-order chi connectivity index (χ0) is 19.8. The van der Waals surface area contributed by atoms with E-state index < -0.39 is 0 Å². The van der Waals surface area contributed by atoms with Crippen molar-refractivity contribution in [1.29, 1.82) is 0 Å². The molecule has 0 bridgehead atoms. The summed E-state index contributed by atoms with van der Waals surface area (Å²) in [5.41, 5.74) is 1.01. The van der Waals surface area contributed by atoms with Gasteiger partial charge in [-0.2, -0.15) is 0 Å². The highest BCUT2D eigenvalue weighted by atomic mass is 79.9. The van der Waals surface area contributed by atoms with Crippen LogP contribution in [0.15, 0.2) is 57.5 Å². The van der Waals surface area contributed by atoms with Gasteiger partial charge in [0.2, 0.25) is 0 Å². The Kier molecular flexibility index (Phi) is 8.71. The number of imide groups is 1. The summed E-state index contributed by atoms with van der Waals surface area (Å²) >= 11 is 6.88. The van der Waals surface area contributed by atoms with Gasteiger partial charge in [0.05, 0.1) is 11.1 Å². The van der Waals surface area contributed by atoms with Crippen LogP contribution in [-0.4, -0.2) is 23.3 Å². The molecule has 0 saturated carbocycles. The summed E-state index contributed by atoms with van der Waals surface area (Å²) < 4.78 is 1.39. The topological polar surface area (TPSA) is 37.4 Å². The minimum atomic E-state index is -0.266. The van der Waals surface area contributed by atoms with Crippen LogP contribution < -0.4 is 0 Å². The molecule has 0 aromatic heterocycles. The van der Waals surface area contributed by atoms with Crippen LogP contribution in [0.2, 0.25) is 0 Å². The number of carbonyl (C=O) groups is 2. The SMILES string of the molecule is CCCCC(CC)CN(C(=O)c1ccccc1Br)C(=O)c1ccccc1Br. The van der Waals surface area contributed by atoms with Gasteiger partial charge in [-0.15, -0.1) is 0 Å². The molecule has 2 aromatic rings. The molecule has 1 atom stereocenters. The average Bonchev–Trinajstić information content (AvgIpc) is 2.68. The van der Waals surface area contributed by atoms with Gasteiger partial charge in [-0.25, -0.2) is 0 Å². The highest BCUT2D eigenvalue weighted by Crippen LogP contribution is 2.24. The van der Waals surface area contributed by atoms with Gasteiger partial charge >= 0.3 is 0 Å². The van der Waals surface area contributed by atoms with Crippen LogP contribution in [0.1, 0.15) is 60.2 Å². The molecule has 0 aliphatic heterocycles. The molecule has 2 amide bonds. The molecular weight excluding hydrogens is 470 g/mol. The van der Waals surface area contributed by atoms with Gasteiger partial charge in [0.15, 0.2) is 0 Å². The first kappa shape index (κ1) is 21.8. The van der Waals surface area contributed by atoms with Gasteiger partial charge in [-0.1, -0.05) is 57.4 Å². The molecule has 0 fully saturated rings. The van der Waals surface area contributed by atoms with E-state index in [1.165, 1.54) is 4.90 Å². The Balaban J connectivity index is 2.38.